The first kappa shape index (κ1) is 14.7. The number of halogens is 1. The van der Waals surface area contributed by atoms with Crippen LogP contribution >= 0.6 is 11.6 Å². The fourth-order valence-corrected chi connectivity index (χ4v) is 2.38. The lowest BCUT2D eigenvalue weighted by Gasteiger charge is -2.13. The van der Waals surface area contributed by atoms with E-state index >= 15 is 0 Å². The van der Waals surface area contributed by atoms with Crippen LogP contribution in [0.15, 0.2) is 41.2 Å². The monoisotopic (exact) mass is 291 g/mol. The lowest BCUT2D eigenvalue weighted by atomic mass is 10.1. The third-order valence-electron chi connectivity index (χ3n) is 3.17. The molecule has 0 aliphatic rings. The molecule has 0 amide bonds. The van der Waals surface area contributed by atoms with E-state index in [9.17, 15) is 4.79 Å². The molecule has 4 heteroatoms. The van der Waals surface area contributed by atoms with Crippen LogP contribution in [0.2, 0.25) is 0 Å². The molecule has 0 N–H and O–H groups in total. The largest absolute Gasteiger partial charge is 0.494 e. The maximum Gasteiger partial charge on any atom is 0.255 e. The Labute approximate surface area is 123 Å². The van der Waals surface area contributed by atoms with Gasteiger partial charge in [-0.15, -0.1) is 11.6 Å². The van der Waals surface area contributed by atoms with Crippen molar-refractivity contribution >= 4 is 11.6 Å². The van der Waals surface area contributed by atoms with E-state index < -0.39 is 0 Å². The second kappa shape index (κ2) is 6.62. The number of hydrogen-bond acceptors (Lipinski definition) is 2. The Bertz CT molecular complexity index is 632. The summed E-state index contributed by atoms with van der Waals surface area (Å²) in [5.41, 5.74) is 2.50. The summed E-state index contributed by atoms with van der Waals surface area (Å²) in [4.78, 5) is 12.2. The molecule has 20 heavy (non-hydrogen) atoms. The Balaban J connectivity index is 2.47. The standard InChI is InChI=1S/C16H18ClNO2/c1-3-18-15(10-7-13(11-17)16(18)19)12-5-8-14(9-6-12)20-4-2/h5-10H,3-4,11H2,1-2H3. The molecule has 0 saturated carbocycles. The van der Waals surface area contributed by atoms with E-state index in [-0.39, 0.29) is 11.4 Å². The van der Waals surface area contributed by atoms with Crippen LogP contribution in [0.25, 0.3) is 11.3 Å². The van der Waals surface area contributed by atoms with Gasteiger partial charge >= 0.3 is 0 Å². The molecule has 0 aliphatic heterocycles. The number of aromatic nitrogens is 1. The number of rotatable bonds is 5. The molecule has 0 spiro atoms. The van der Waals surface area contributed by atoms with Crippen molar-refractivity contribution in [2.24, 2.45) is 0 Å². The number of pyridine rings is 1. The Hall–Kier alpha value is -1.74. The van der Waals surface area contributed by atoms with Gasteiger partial charge in [-0.05, 0) is 49.7 Å². The Morgan fingerprint density at radius 2 is 1.80 bits per heavy atom. The van der Waals surface area contributed by atoms with E-state index in [0.29, 0.717) is 18.7 Å². The molecule has 106 valence electrons. The van der Waals surface area contributed by atoms with Gasteiger partial charge in [0.2, 0.25) is 0 Å². The minimum absolute atomic E-state index is 0.0196. The molecular formula is C16H18ClNO2. The molecule has 0 unspecified atom stereocenters. The summed E-state index contributed by atoms with van der Waals surface area (Å²) in [6.45, 7) is 5.17. The Kier molecular flexibility index (Phi) is 4.85. The molecular weight excluding hydrogens is 274 g/mol. The summed E-state index contributed by atoms with van der Waals surface area (Å²) in [7, 11) is 0. The number of ether oxygens (including phenoxy) is 1. The predicted molar refractivity (Wildman–Crippen MR) is 82.5 cm³/mol. The summed E-state index contributed by atoms with van der Waals surface area (Å²) in [6.07, 6.45) is 0. The number of hydrogen-bond donors (Lipinski definition) is 0. The molecule has 0 radical (unpaired) electrons. The van der Waals surface area contributed by atoms with Crippen molar-refractivity contribution in [3.63, 3.8) is 0 Å². The fourth-order valence-electron chi connectivity index (χ4n) is 2.18. The topological polar surface area (TPSA) is 31.2 Å². The van der Waals surface area contributed by atoms with Gasteiger partial charge in [0.25, 0.3) is 5.56 Å². The van der Waals surface area contributed by atoms with Gasteiger partial charge in [-0.25, -0.2) is 0 Å². The summed E-state index contributed by atoms with van der Waals surface area (Å²) in [5.74, 6) is 1.07. The minimum atomic E-state index is -0.0196. The van der Waals surface area contributed by atoms with Crippen LogP contribution in [-0.4, -0.2) is 11.2 Å². The van der Waals surface area contributed by atoms with Gasteiger partial charge in [0.1, 0.15) is 5.75 Å². The van der Waals surface area contributed by atoms with Gasteiger partial charge in [0.15, 0.2) is 0 Å². The maximum absolute atomic E-state index is 12.2. The first-order chi connectivity index (χ1) is 9.71. The highest BCUT2D eigenvalue weighted by Crippen LogP contribution is 2.22. The molecule has 1 aromatic heterocycles. The first-order valence-electron chi connectivity index (χ1n) is 6.73. The van der Waals surface area contributed by atoms with E-state index in [1.54, 1.807) is 10.6 Å². The van der Waals surface area contributed by atoms with Crippen LogP contribution < -0.4 is 10.3 Å². The van der Waals surface area contributed by atoms with Gasteiger partial charge in [-0.2, -0.15) is 0 Å². The third-order valence-corrected chi connectivity index (χ3v) is 3.46. The molecule has 0 aliphatic carbocycles. The highest BCUT2D eigenvalue weighted by molar-refractivity contribution is 6.17. The van der Waals surface area contributed by atoms with Crippen LogP contribution in [0.5, 0.6) is 5.75 Å². The van der Waals surface area contributed by atoms with Gasteiger partial charge < -0.3 is 9.30 Å². The second-order valence-corrected chi connectivity index (χ2v) is 4.65. The van der Waals surface area contributed by atoms with Gasteiger partial charge in [-0.3, -0.25) is 4.79 Å². The highest BCUT2D eigenvalue weighted by Gasteiger charge is 2.08. The number of nitrogens with zero attached hydrogens (tertiary/aromatic N) is 1. The summed E-state index contributed by atoms with van der Waals surface area (Å²) < 4.78 is 7.17. The van der Waals surface area contributed by atoms with E-state index in [0.717, 1.165) is 17.0 Å². The molecule has 0 fully saturated rings. The van der Waals surface area contributed by atoms with Gasteiger partial charge in [0, 0.05) is 12.1 Å². The summed E-state index contributed by atoms with van der Waals surface area (Å²) >= 11 is 5.79. The molecule has 1 aromatic carbocycles. The smallest absolute Gasteiger partial charge is 0.255 e. The van der Waals surface area contributed by atoms with Crippen LogP contribution in [-0.2, 0) is 12.4 Å². The van der Waals surface area contributed by atoms with E-state index in [4.69, 9.17) is 16.3 Å². The quantitative estimate of drug-likeness (QED) is 0.787. The van der Waals surface area contributed by atoms with Crippen LogP contribution in [0.4, 0.5) is 0 Å². The minimum Gasteiger partial charge on any atom is -0.494 e. The molecule has 0 atom stereocenters. The molecule has 0 bridgehead atoms. The van der Waals surface area contributed by atoms with Crippen molar-refractivity contribution < 1.29 is 4.74 Å². The average Bonchev–Trinajstić information content (AvgIpc) is 2.48. The zero-order valence-electron chi connectivity index (χ0n) is 11.7. The maximum atomic E-state index is 12.2. The van der Waals surface area contributed by atoms with Crippen molar-refractivity contribution in [3.8, 4) is 17.0 Å². The van der Waals surface area contributed by atoms with Crippen molar-refractivity contribution in [3.05, 3.63) is 52.3 Å². The van der Waals surface area contributed by atoms with Gasteiger partial charge in [-0.1, -0.05) is 6.07 Å². The van der Waals surface area contributed by atoms with E-state index in [2.05, 4.69) is 0 Å². The van der Waals surface area contributed by atoms with Gasteiger partial charge in [0.05, 0.1) is 18.2 Å². The number of benzene rings is 1. The molecule has 3 nitrogen and oxygen atoms in total. The normalized spacial score (nSPS) is 10.6. The number of alkyl halides is 1. The lowest BCUT2D eigenvalue weighted by Crippen LogP contribution is -2.23. The molecule has 2 aromatic rings. The van der Waals surface area contributed by atoms with Crippen molar-refractivity contribution in [1.82, 2.24) is 4.57 Å². The van der Waals surface area contributed by atoms with Crippen molar-refractivity contribution in [2.75, 3.05) is 6.61 Å². The van der Waals surface area contributed by atoms with Crippen LogP contribution in [0, 0.1) is 0 Å². The van der Waals surface area contributed by atoms with Crippen LogP contribution in [0.3, 0.4) is 0 Å². The second-order valence-electron chi connectivity index (χ2n) is 4.38. The molecule has 1 heterocycles. The van der Waals surface area contributed by atoms with Crippen LogP contribution in [0.1, 0.15) is 19.4 Å². The summed E-state index contributed by atoms with van der Waals surface area (Å²) in [5, 5.41) is 0. The lowest BCUT2D eigenvalue weighted by molar-refractivity contribution is 0.340. The fraction of sp³-hybridized carbons (Fsp3) is 0.312. The average molecular weight is 292 g/mol. The first-order valence-corrected chi connectivity index (χ1v) is 7.26. The summed E-state index contributed by atoms with van der Waals surface area (Å²) in [6, 6.07) is 11.5. The molecule has 0 saturated heterocycles. The zero-order valence-corrected chi connectivity index (χ0v) is 12.5. The van der Waals surface area contributed by atoms with E-state index in [1.165, 1.54) is 0 Å². The predicted octanol–water partition coefficient (Wildman–Crippen LogP) is 3.67. The zero-order chi connectivity index (χ0) is 14.5. The van der Waals surface area contributed by atoms with Crippen molar-refractivity contribution in [1.29, 1.82) is 0 Å². The SMILES string of the molecule is CCOc1ccc(-c2ccc(CCl)c(=O)n2CC)cc1. The highest BCUT2D eigenvalue weighted by atomic mass is 35.5. The Morgan fingerprint density at radius 1 is 1.10 bits per heavy atom. The van der Waals surface area contributed by atoms with Crippen molar-refractivity contribution in [2.45, 2.75) is 26.3 Å². The third kappa shape index (κ3) is 2.88. The van der Waals surface area contributed by atoms with E-state index in [1.807, 2.05) is 44.2 Å². The Morgan fingerprint density at radius 3 is 2.35 bits per heavy atom. The molecule has 2 rings (SSSR count).